The number of rotatable bonds is 6. The molecule has 0 radical (unpaired) electrons. The summed E-state index contributed by atoms with van der Waals surface area (Å²) in [6.45, 7) is 1.37. The molecule has 2 aromatic rings. The standard InChI is InChI=1S/C16H16ClFN2O3S/c1-12(21)20(15-6-3-5-14(18)11-15)9-8-19-24(22,23)16-7-2-4-13(17)10-16/h2-7,10-11,19H,8-9H2,1H3. The first-order valence-electron chi connectivity index (χ1n) is 7.08. The van der Waals surface area contributed by atoms with Crippen molar-refractivity contribution in [3.63, 3.8) is 0 Å². The van der Waals surface area contributed by atoms with Crippen molar-refractivity contribution in [1.29, 1.82) is 0 Å². The molecule has 1 N–H and O–H groups in total. The first-order chi connectivity index (χ1) is 11.3. The van der Waals surface area contributed by atoms with Crippen LogP contribution in [0.5, 0.6) is 0 Å². The van der Waals surface area contributed by atoms with E-state index in [2.05, 4.69) is 4.72 Å². The molecule has 5 nitrogen and oxygen atoms in total. The van der Waals surface area contributed by atoms with E-state index in [1.807, 2.05) is 0 Å². The fraction of sp³-hybridized carbons (Fsp3) is 0.188. The molecule has 24 heavy (non-hydrogen) atoms. The second kappa shape index (κ2) is 7.74. The van der Waals surface area contributed by atoms with Crippen molar-refractivity contribution >= 4 is 33.2 Å². The van der Waals surface area contributed by atoms with E-state index in [1.54, 1.807) is 12.1 Å². The zero-order valence-corrected chi connectivity index (χ0v) is 14.4. The highest BCUT2D eigenvalue weighted by Gasteiger charge is 2.16. The van der Waals surface area contributed by atoms with Crippen molar-refractivity contribution in [3.8, 4) is 0 Å². The van der Waals surface area contributed by atoms with Gasteiger partial charge in [0.2, 0.25) is 15.9 Å². The van der Waals surface area contributed by atoms with Crippen molar-refractivity contribution in [2.45, 2.75) is 11.8 Å². The number of hydrogen-bond acceptors (Lipinski definition) is 3. The third-order valence-corrected chi connectivity index (χ3v) is 4.93. The van der Waals surface area contributed by atoms with Crippen molar-refractivity contribution < 1.29 is 17.6 Å². The molecule has 0 spiro atoms. The summed E-state index contributed by atoms with van der Waals surface area (Å²) in [4.78, 5) is 13.1. The second-order valence-electron chi connectivity index (χ2n) is 5.01. The Labute approximate surface area is 145 Å². The monoisotopic (exact) mass is 370 g/mol. The maximum Gasteiger partial charge on any atom is 0.240 e. The van der Waals surface area contributed by atoms with E-state index in [1.165, 1.54) is 48.2 Å². The van der Waals surface area contributed by atoms with Gasteiger partial charge in [0.05, 0.1) is 4.90 Å². The van der Waals surface area contributed by atoms with Crippen molar-refractivity contribution in [3.05, 3.63) is 59.4 Å². The molecule has 128 valence electrons. The molecule has 0 saturated heterocycles. The van der Waals surface area contributed by atoms with Gasteiger partial charge in [0, 0.05) is 30.7 Å². The van der Waals surface area contributed by atoms with Crippen LogP contribution in [0.4, 0.5) is 10.1 Å². The number of benzene rings is 2. The van der Waals surface area contributed by atoms with Gasteiger partial charge in [-0.15, -0.1) is 0 Å². The maximum atomic E-state index is 13.3. The van der Waals surface area contributed by atoms with Gasteiger partial charge in [-0.3, -0.25) is 4.79 Å². The molecule has 8 heteroatoms. The summed E-state index contributed by atoms with van der Waals surface area (Å²) in [5.74, 6) is -0.791. The van der Waals surface area contributed by atoms with Gasteiger partial charge in [-0.05, 0) is 36.4 Å². The lowest BCUT2D eigenvalue weighted by Crippen LogP contribution is -2.37. The van der Waals surface area contributed by atoms with Crippen LogP contribution in [0, 0.1) is 5.82 Å². The topological polar surface area (TPSA) is 66.5 Å². The van der Waals surface area contributed by atoms with E-state index in [0.29, 0.717) is 10.7 Å². The van der Waals surface area contributed by atoms with Crippen molar-refractivity contribution in [2.24, 2.45) is 0 Å². The first kappa shape index (κ1) is 18.4. The highest BCUT2D eigenvalue weighted by Crippen LogP contribution is 2.17. The Morgan fingerprint density at radius 1 is 1.21 bits per heavy atom. The molecule has 2 rings (SSSR count). The van der Waals surface area contributed by atoms with Gasteiger partial charge in [0.15, 0.2) is 0 Å². The van der Waals surface area contributed by atoms with Crippen LogP contribution in [0.2, 0.25) is 5.02 Å². The molecule has 0 aromatic heterocycles. The normalized spacial score (nSPS) is 11.3. The van der Waals surface area contributed by atoms with Crippen molar-refractivity contribution in [1.82, 2.24) is 4.72 Å². The molecule has 0 atom stereocenters. The number of carbonyl (C=O) groups excluding carboxylic acids is 1. The van der Waals surface area contributed by atoms with Gasteiger partial charge in [0.25, 0.3) is 0 Å². The zero-order valence-electron chi connectivity index (χ0n) is 12.9. The minimum absolute atomic E-state index is 0.0229. The Balaban J connectivity index is 2.07. The van der Waals surface area contributed by atoms with Gasteiger partial charge in [-0.2, -0.15) is 0 Å². The van der Waals surface area contributed by atoms with Crippen LogP contribution in [0.25, 0.3) is 0 Å². The summed E-state index contributed by atoms with van der Waals surface area (Å²) >= 11 is 5.79. The van der Waals surface area contributed by atoms with Gasteiger partial charge in [-0.1, -0.05) is 23.7 Å². The second-order valence-corrected chi connectivity index (χ2v) is 7.21. The summed E-state index contributed by atoms with van der Waals surface area (Å²) in [6.07, 6.45) is 0. The summed E-state index contributed by atoms with van der Waals surface area (Å²) in [5.41, 5.74) is 0.365. The summed E-state index contributed by atoms with van der Waals surface area (Å²) in [7, 11) is -3.74. The van der Waals surface area contributed by atoms with E-state index in [-0.39, 0.29) is 23.9 Å². The summed E-state index contributed by atoms with van der Waals surface area (Å²) < 4.78 is 40.1. The molecule has 2 aromatic carbocycles. The lowest BCUT2D eigenvalue weighted by molar-refractivity contribution is -0.116. The van der Waals surface area contributed by atoms with Crippen molar-refractivity contribution in [2.75, 3.05) is 18.0 Å². The van der Waals surface area contributed by atoms with E-state index < -0.39 is 15.8 Å². The fourth-order valence-electron chi connectivity index (χ4n) is 2.12. The lowest BCUT2D eigenvalue weighted by atomic mass is 10.2. The fourth-order valence-corrected chi connectivity index (χ4v) is 3.44. The Hall–Kier alpha value is -1.96. The Kier molecular flexibility index (Phi) is 5.93. The number of carbonyl (C=O) groups is 1. The molecule has 0 fully saturated rings. The average Bonchev–Trinajstić information content (AvgIpc) is 2.51. The summed E-state index contributed by atoms with van der Waals surface area (Å²) in [5, 5.41) is 0.308. The van der Waals surface area contributed by atoms with E-state index in [9.17, 15) is 17.6 Å². The number of anilines is 1. The van der Waals surface area contributed by atoms with Crippen LogP contribution in [-0.2, 0) is 14.8 Å². The van der Waals surface area contributed by atoms with E-state index >= 15 is 0 Å². The molecule has 0 unspecified atom stereocenters. The maximum absolute atomic E-state index is 13.3. The van der Waals surface area contributed by atoms with Crippen LogP contribution >= 0.6 is 11.6 Å². The molecular formula is C16H16ClFN2O3S. The van der Waals surface area contributed by atoms with Gasteiger partial charge < -0.3 is 4.90 Å². The molecule has 0 bridgehead atoms. The Morgan fingerprint density at radius 2 is 1.92 bits per heavy atom. The molecule has 1 amide bonds. The molecular weight excluding hydrogens is 355 g/mol. The van der Waals surface area contributed by atoms with Crippen LogP contribution in [-0.4, -0.2) is 27.4 Å². The molecule has 0 aliphatic rings. The van der Waals surface area contributed by atoms with Gasteiger partial charge in [0.1, 0.15) is 5.82 Å². The number of hydrogen-bond donors (Lipinski definition) is 1. The number of sulfonamides is 1. The van der Waals surface area contributed by atoms with E-state index in [0.717, 1.165) is 0 Å². The first-order valence-corrected chi connectivity index (χ1v) is 8.94. The molecule has 0 heterocycles. The quantitative estimate of drug-likeness (QED) is 0.850. The lowest BCUT2D eigenvalue weighted by Gasteiger charge is -2.21. The van der Waals surface area contributed by atoms with Gasteiger partial charge >= 0.3 is 0 Å². The predicted molar refractivity (Wildman–Crippen MR) is 91.1 cm³/mol. The van der Waals surface area contributed by atoms with Crippen LogP contribution < -0.4 is 9.62 Å². The Bertz CT molecular complexity index is 843. The van der Waals surface area contributed by atoms with E-state index in [4.69, 9.17) is 11.6 Å². The predicted octanol–water partition coefficient (Wildman–Crippen LogP) is 2.81. The van der Waals surface area contributed by atoms with Crippen LogP contribution in [0.15, 0.2) is 53.4 Å². The minimum atomic E-state index is -3.74. The highest BCUT2D eigenvalue weighted by molar-refractivity contribution is 7.89. The highest BCUT2D eigenvalue weighted by atomic mass is 35.5. The number of halogens is 2. The average molecular weight is 371 g/mol. The zero-order chi connectivity index (χ0) is 17.7. The third-order valence-electron chi connectivity index (χ3n) is 3.23. The Morgan fingerprint density at radius 3 is 2.54 bits per heavy atom. The van der Waals surface area contributed by atoms with Crippen LogP contribution in [0.1, 0.15) is 6.92 Å². The molecule has 0 aliphatic carbocycles. The third kappa shape index (κ3) is 4.77. The number of amides is 1. The smallest absolute Gasteiger partial charge is 0.240 e. The minimum Gasteiger partial charge on any atom is -0.311 e. The largest absolute Gasteiger partial charge is 0.311 e. The summed E-state index contributed by atoms with van der Waals surface area (Å²) in [6, 6.07) is 11.4. The van der Waals surface area contributed by atoms with Gasteiger partial charge in [-0.25, -0.2) is 17.5 Å². The molecule has 0 saturated carbocycles. The number of nitrogens with one attached hydrogen (secondary N) is 1. The number of nitrogens with zero attached hydrogens (tertiary/aromatic N) is 1. The van der Waals surface area contributed by atoms with Crippen LogP contribution in [0.3, 0.4) is 0 Å². The SMILES string of the molecule is CC(=O)N(CCNS(=O)(=O)c1cccc(Cl)c1)c1cccc(F)c1. The molecule has 0 aliphatic heterocycles.